The molecule has 0 aliphatic heterocycles. The first-order valence-corrected chi connectivity index (χ1v) is 10.2. The molecule has 0 saturated carbocycles. The summed E-state index contributed by atoms with van der Waals surface area (Å²) in [5.74, 6) is 1.33. The molecule has 160 valence electrons. The van der Waals surface area contributed by atoms with Gasteiger partial charge >= 0.3 is 0 Å². The van der Waals surface area contributed by atoms with E-state index in [9.17, 15) is 0 Å². The van der Waals surface area contributed by atoms with Crippen LogP contribution in [0.1, 0.15) is 22.6 Å². The Labute approximate surface area is 184 Å². The van der Waals surface area contributed by atoms with Crippen molar-refractivity contribution < 1.29 is 9.57 Å². The Morgan fingerprint density at radius 1 is 1.00 bits per heavy atom. The third kappa shape index (κ3) is 3.45. The molecule has 5 aromatic rings. The van der Waals surface area contributed by atoms with Gasteiger partial charge in [-0.05, 0) is 61.4 Å². The lowest BCUT2D eigenvalue weighted by Gasteiger charge is -2.07. The summed E-state index contributed by atoms with van der Waals surface area (Å²) in [6.07, 6.45) is 3.33. The SMILES string of the molecule is COc1ccc(/C=N/OCc2nc3c4c(C)c(C)n(-c5ccccc5)c4ncn3n2)cc1. The van der Waals surface area contributed by atoms with Crippen LogP contribution in [0.15, 0.2) is 66.1 Å². The van der Waals surface area contributed by atoms with Crippen molar-refractivity contribution in [2.75, 3.05) is 7.11 Å². The fraction of sp³-hybridized carbons (Fsp3) is 0.167. The molecule has 0 saturated heterocycles. The number of hydrogen-bond acceptors (Lipinski definition) is 6. The summed E-state index contributed by atoms with van der Waals surface area (Å²) in [5, 5.41) is 9.51. The zero-order valence-corrected chi connectivity index (χ0v) is 18.1. The van der Waals surface area contributed by atoms with Crippen LogP contribution in [-0.4, -0.2) is 37.5 Å². The van der Waals surface area contributed by atoms with E-state index in [1.165, 1.54) is 0 Å². The molecular formula is C24H22N6O2. The van der Waals surface area contributed by atoms with Gasteiger partial charge in [0.1, 0.15) is 12.1 Å². The Bertz CT molecular complexity index is 1420. The lowest BCUT2D eigenvalue weighted by Crippen LogP contribution is -1.99. The third-order valence-electron chi connectivity index (χ3n) is 5.48. The summed E-state index contributed by atoms with van der Waals surface area (Å²) in [7, 11) is 1.64. The fourth-order valence-corrected chi connectivity index (χ4v) is 3.74. The molecule has 0 amide bonds. The number of aromatic nitrogens is 5. The molecule has 8 nitrogen and oxygen atoms in total. The second-order valence-corrected chi connectivity index (χ2v) is 7.40. The van der Waals surface area contributed by atoms with E-state index in [2.05, 4.69) is 45.8 Å². The monoisotopic (exact) mass is 426 g/mol. The number of hydrogen-bond donors (Lipinski definition) is 0. The molecule has 0 radical (unpaired) electrons. The predicted molar refractivity (Wildman–Crippen MR) is 122 cm³/mol. The average Bonchev–Trinajstić information content (AvgIpc) is 3.36. The van der Waals surface area contributed by atoms with E-state index < -0.39 is 0 Å². The number of ether oxygens (including phenoxy) is 1. The fourth-order valence-electron chi connectivity index (χ4n) is 3.74. The predicted octanol–water partition coefficient (Wildman–Crippen LogP) is 4.24. The standard InChI is InChI=1S/C24H22N6O2/c1-16-17(2)30(19-7-5-4-6-8-19)23-22(16)24-27-21(28-29(24)15-25-23)14-32-26-13-18-9-11-20(31-3)12-10-18/h4-13,15H,14H2,1-3H3/b26-13+. The second kappa shape index (κ2) is 8.14. The van der Waals surface area contributed by atoms with Crippen LogP contribution in [0.3, 0.4) is 0 Å². The van der Waals surface area contributed by atoms with Crippen molar-refractivity contribution >= 4 is 22.9 Å². The van der Waals surface area contributed by atoms with Crippen LogP contribution < -0.4 is 4.74 Å². The summed E-state index contributed by atoms with van der Waals surface area (Å²) in [4.78, 5) is 14.8. The summed E-state index contributed by atoms with van der Waals surface area (Å²) < 4.78 is 8.99. The normalized spacial score (nSPS) is 11.6. The van der Waals surface area contributed by atoms with Crippen LogP contribution in [0, 0.1) is 13.8 Å². The van der Waals surface area contributed by atoms with Gasteiger partial charge in [-0.25, -0.2) is 14.5 Å². The minimum Gasteiger partial charge on any atom is -0.497 e. The van der Waals surface area contributed by atoms with Gasteiger partial charge in [0.15, 0.2) is 23.7 Å². The van der Waals surface area contributed by atoms with Crippen molar-refractivity contribution in [3.05, 3.63) is 83.6 Å². The quantitative estimate of drug-likeness (QED) is 0.300. The van der Waals surface area contributed by atoms with Gasteiger partial charge in [-0.3, -0.25) is 4.57 Å². The van der Waals surface area contributed by atoms with Crippen LogP contribution in [0.5, 0.6) is 5.75 Å². The van der Waals surface area contributed by atoms with Crippen LogP contribution >= 0.6 is 0 Å². The zero-order chi connectivity index (χ0) is 22.1. The number of rotatable bonds is 6. The highest BCUT2D eigenvalue weighted by molar-refractivity contribution is 5.94. The Morgan fingerprint density at radius 2 is 1.78 bits per heavy atom. The first-order chi connectivity index (χ1) is 15.7. The number of nitrogens with zero attached hydrogens (tertiary/aromatic N) is 6. The van der Waals surface area contributed by atoms with E-state index in [-0.39, 0.29) is 6.61 Å². The molecule has 3 heterocycles. The second-order valence-electron chi connectivity index (χ2n) is 7.40. The van der Waals surface area contributed by atoms with E-state index in [4.69, 9.17) is 14.6 Å². The Kier molecular flexibility index (Phi) is 5.03. The molecular weight excluding hydrogens is 404 g/mol. The molecule has 0 spiro atoms. The molecule has 0 aliphatic rings. The first kappa shape index (κ1) is 19.7. The highest BCUT2D eigenvalue weighted by Gasteiger charge is 2.18. The third-order valence-corrected chi connectivity index (χ3v) is 5.48. The van der Waals surface area contributed by atoms with Crippen molar-refractivity contribution in [3.63, 3.8) is 0 Å². The first-order valence-electron chi connectivity index (χ1n) is 10.2. The minimum absolute atomic E-state index is 0.160. The summed E-state index contributed by atoms with van der Waals surface area (Å²) >= 11 is 0. The van der Waals surface area contributed by atoms with Gasteiger partial charge in [-0.1, -0.05) is 23.4 Å². The molecule has 0 N–H and O–H groups in total. The van der Waals surface area contributed by atoms with Gasteiger partial charge in [-0.15, -0.1) is 5.10 Å². The van der Waals surface area contributed by atoms with Gasteiger partial charge in [0.05, 0.1) is 18.7 Å². The maximum Gasteiger partial charge on any atom is 0.192 e. The molecule has 0 bridgehead atoms. The molecule has 0 aliphatic carbocycles. The number of fused-ring (bicyclic) bond motifs is 3. The molecule has 2 aromatic carbocycles. The maximum absolute atomic E-state index is 5.42. The molecule has 0 unspecified atom stereocenters. The maximum atomic E-state index is 5.42. The lowest BCUT2D eigenvalue weighted by molar-refractivity contribution is 0.126. The van der Waals surface area contributed by atoms with Crippen molar-refractivity contribution in [2.45, 2.75) is 20.5 Å². The van der Waals surface area contributed by atoms with E-state index in [0.717, 1.165) is 44.9 Å². The molecule has 0 fully saturated rings. The highest BCUT2D eigenvalue weighted by atomic mass is 16.6. The number of oxime groups is 1. The van der Waals surface area contributed by atoms with Crippen LogP contribution in [0.25, 0.3) is 22.4 Å². The van der Waals surface area contributed by atoms with Crippen molar-refractivity contribution in [2.24, 2.45) is 5.16 Å². The van der Waals surface area contributed by atoms with Crippen molar-refractivity contribution in [1.82, 2.24) is 24.1 Å². The summed E-state index contributed by atoms with van der Waals surface area (Å²) in [6.45, 7) is 4.34. The lowest BCUT2D eigenvalue weighted by atomic mass is 10.2. The highest BCUT2D eigenvalue weighted by Crippen LogP contribution is 2.29. The Balaban J connectivity index is 1.42. The van der Waals surface area contributed by atoms with E-state index >= 15 is 0 Å². The van der Waals surface area contributed by atoms with E-state index in [1.54, 1.807) is 24.2 Å². The molecule has 3 aromatic heterocycles. The number of methoxy groups -OCH3 is 1. The van der Waals surface area contributed by atoms with Gasteiger partial charge in [0, 0.05) is 11.4 Å². The zero-order valence-electron chi connectivity index (χ0n) is 18.1. The average molecular weight is 426 g/mol. The van der Waals surface area contributed by atoms with Gasteiger partial charge in [-0.2, -0.15) is 0 Å². The van der Waals surface area contributed by atoms with Gasteiger partial charge < -0.3 is 9.57 Å². The number of para-hydroxylation sites is 1. The largest absolute Gasteiger partial charge is 0.497 e. The van der Waals surface area contributed by atoms with Crippen molar-refractivity contribution in [1.29, 1.82) is 0 Å². The number of aryl methyl sites for hydroxylation is 1. The Morgan fingerprint density at radius 3 is 2.53 bits per heavy atom. The number of benzene rings is 2. The molecule has 8 heteroatoms. The molecule has 5 rings (SSSR count). The molecule has 32 heavy (non-hydrogen) atoms. The van der Waals surface area contributed by atoms with Crippen LogP contribution in [-0.2, 0) is 11.4 Å². The van der Waals surface area contributed by atoms with E-state index in [0.29, 0.717) is 5.82 Å². The smallest absolute Gasteiger partial charge is 0.192 e. The van der Waals surface area contributed by atoms with Gasteiger partial charge in [0.25, 0.3) is 0 Å². The topological polar surface area (TPSA) is 78.8 Å². The Hall–Kier alpha value is -4.20. The van der Waals surface area contributed by atoms with Gasteiger partial charge in [0.2, 0.25) is 0 Å². The van der Waals surface area contributed by atoms with Crippen LogP contribution in [0.4, 0.5) is 0 Å². The van der Waals surface area contributed by atoms with Crippen LogP contribution in [0.2, 0.25) is 0 Å². The minimum atomic E-state index is 0.160. The van der Waals surface area contributed by atoms with E-state index in [1.807, 2.05) is 42.5 Å². The van der Waals surface area contributed by atoms with Crippen molar-refractivity contribution in [3.8, 4) is 11.4 Å². The summed E-state index contributed by atoms with van der Waals surface area (Å²) in [5.41, 5.74) is 5.83. The molecule has 0 atom stereocenters. The summed E-state index contributed by atoms with van der Waals surface area (Å²) in [6, 6.07) is 17.7.